The summed E-state index contributed by atoms with van der Waals surface area (Å²) < 4.78 is 5.84. The van der Waals surface area contributed by atoms with E-state index in [1.807, 2.05) is 18.2 Å². The van der Waals surface area contributed by atoms with Crippen LogP contribution in [0, 0.1) is 6.92 Å². The Bertz CT molecular complexity index is 764. The molecule has 0 saturated heterocycles. The van der Waals surface area contributed by atoms with Gasteiger partial charge in [0.2, 0.25) is 0 Å². The van der Waals surface area contributed by atoms with E-state index in [0.717, 1.165) is 17.7 Å². The Hall–Kier alpha value is -2.25. The first-order valence-corrected chi connectivity index (χ1v) is 8.09. The van der Waals surface area contributed by atoms with E-state index in [0.29, 0.717) is 11.6 Å². The number of ether oxygens (including phenoxy) is 1. The monoisotopic (exact) mass is 322 g/mol. The zero-order chi connectivity index (χ0) is 16.1. The van der Waals surface area contributed by atoms with Crippen LogP contribution in [0.4, 0.5) is 0 Å². The van der Waals surface area contributed by atoms with Crippen molar-refractivity contribution in [2.75, 3.05) is 0 Å². The highest BCUT2D eigenvalue weighted by molar-refractivity contribution is 6.32. The van der Waals surface area contributed by atoms with Crippen LogP contribution in [0.3, 0.4) is 0 Å². The van der Waals surface area contributed by atoms with Gasteiger partial charge in [0, 0.05) is 0 Å². The first kappa shape index (κ1) is 15.6. The second-order valence-electron chi connectivity index (χ2n) is 5.70. The average molecular weight is 323 g/mol. The van der Waals surface area contributed by atoms with Crippen molar-refractivity contribution in [3.63, 3.8) is 0 Å². The maximum atomic E-state index is 6.36. The highest BCUT2D eigenvalue weighted by Gasteiger charge is 2.05. The van der Waals surface area contributed by atoms with Gasteiger partial charge in [-0.05, 0) is 42.2 Å². The summed E-state index contributed by atoms with van der Waals surface area (Å²) in [4.78, 5) is 0. The fraction of sp³-hybridized carbons (Fsp3) is 0.143. The number of aryl methyl sites for hydroxylation is 1. The highest BCUT2D eigenvalue weighted by atomic mass is 35.5. The van der Waals surface area contributed by atoms with E-state index in [1.165, 1.54) is 16.7 Å². The van der Waals surface area contributed by atoms with Gasteiger partial charge in [-0.2, -0.15) is 0 Å². The predicted octanol–water partition coefficient (Wildman–Crippen LogP) is 5.82. The van der Waals surface area contributed by atoms with Crippen molar-refractivity contribution in [2.45, 2.75) is 20.0 Å². The summed E-state index contributed by atoms with van der Waals surface area (Å²) in [5, 5.41) is 0.658. The Morgan fingerprint density at radius 3 is 2.17 bits per heavy atom. The molecule has 23 heavy (non-hydrogen) atoms. The standard InChI is InChI=1S/C21H19ClO/c1-16-7-9-18(10-8-16)15-23-21-12-11-19(14-20(21)22)13-17-5-3-2-4-6-17/h2-12,14H,13,15H2,1H3. The van der Waals surface area contributed by atoms with Gasteiger partial charge in [-0.1, -0.05) is 77.8 Å². The number of benzene rings is 3. The van der Waals surface area contributed by atoms with Crippen molar-refractivity contribution >= 4 is 11.6 Å². The third-order valence-electron chi connectivity index (χ3n) is 3.76. The lowest BCUT2D eigenvalue weighted by Crippen LogP contribution is -1.97. The fourth-order valence-corrected chi connectivity index (χ4v) is 2.71. The van der Waals surface area contributed by atoms with Crippen molar-refractivity contribution in [2.24, 2.45) is 0 Å². The molecule has 0 aliphatic carbocycles. The zero-order valence-electron chi connectivity index (χ0n) is 13.1. The lowest BCUT2D eigenvalue weighted by molar-refractivity contribution is 0.306. The zero-order valence-corrected chi connectivity index (χ0v) is 13.9. The molecule has 0 aliphatic rings. The van der Waals surface area contributed by atoms with E-state index in [-0.39, 0.29) is 0 Å². The molecule has 2 heteroatoms. The van der Waals surface area contributed by atoms with E-state index >= 15 is 0 Å². The summed E-state index contributed by atoms with van der Waals surface area (Å²) in [6, 6.07) is 24.7. The van der Waals surface area contributed by atoms with E-state index in [4.69, 9.17) is 16.3 Å². The van der Waals surface area contributed by atoms with Gasteiger partial charge in [0.1, 0.15) is 12.4 Å². The third kappa shape index (κ3) is 4.37. The van der Waals surface area contributed by atoms with Crippen molar-refractivity contribution in [3.8, 4) is 5.75 Å². The fourth-order valence-electron chi connectivity index (χ4n) is 2.45. The van der Waals surface area contributed by atoms with Crippen LogP contribution in [-0.2, 0) is 13.0 Å². The molecule has 3 aromatic carbocycles. The second kappa shape index (κ2) is 7.34. The summed E-state index contributed by atoms with van der Waals surface area (Å²) in [7, 11) is 0. The van der Waals surface area contributed by atoms with Crippen molar-refractivity contribution in [1.29, 1.82) is 0 Å². The number of hydrogen-bond acceptors (Lipinski definition) is 1. The molecule has 0 fully saturated rings. The van der Waals surface area contributed by atoms with Crippen LogP contribution in [0.5, 0.6) is 5.75 Å². The van der Waals surface area contributed by atoms with Crippen molar-refractivity contribution in [3.05, 3.63) is 100 Å². The minimum atomic E-state index is 0.526. The summed E-state index contributed by atoms with van der Waals surface area (Å²) >= 11 is 6.36. The first-order chi connectivity index (χ1) is 11.2. The lowest BCUT2D eigenvalue weighted by Gasteiger charge is -2.10. The van der Waals surface area contributed by atoms with Crippen molar-refractivity contribution in [1.82, 2.24) is 0 Å². The Balaban J connectivity index is 1.66. The predicted molar refractivity (Wildman–Crippen MR) is 96.2 cm³/mol. The van der Waals surface area contributed by atoms with Gasteiger partial charge >= 0.3 is 0 Å². The molecule has 0 aliphatic heterocycles. The number of halogens is 1. The van der Waals surface area contributed by atoms with Gasteiger partial charge in [0.25, 0.3) is 0 Å². The van der Waals surface area contributed by atoms with Crippen LogP contribution < -0.4 is 4.74 Å². The molecule has 3 rings (SSSR count). The Morgan fingerprint density at radius 2 is 1.48 bits per heavy atom. The van der Waals surface area contributed by atoms with Crippen LogP contribution >= 0.6 is 11.6 Å². The van der Waals surface area contributed by atoms with E-state index in [2.05, 4.69) is 61.5 Å². The van der Waals surface area contributed by atoms with Crippen LogP contribution in [0.25, 0.3) is 0 Å². The minimum absolute atomic E-state index is 0.526. The molecule has 0 aromatic heterocycles. The molecule has 0 atom stereocenters. The van der Waals surface area contributed by atoms with Gasteiger partial charge in [0.05, 0.1) is 5.02 Å². The summed E-state index contributed by atoms with van der Waals surface area (Å²) in [5.74, 6) is 0.726. The molecular formula is C21H19ClO. The summed E-state index contributed by atoms with van der Waals surface area (Å²) in [5.41, 5.74) is 4.85. The number of hydrogen-bond donors (Lipinski definition) is 0. The Labute approximate surface area is 142 Å². The first-order valence-electron chi connectivity index (χ1n) is 7.71. The summed E-state index contributed by atoms with van der Waals surface area (Å²) in [6.07, 6.45) is 0.874. The van der Waals surface area contributed by atoms with Gasteiger partial charge in [-0.3, -0.25) is 0 Å². The quantitative estimate of drug-likeness (QED) is 0.575. The molecule has 116 valence electrons. The summed E-state index contributed by atoms with van der Waals surface area (Å²) in [6.45, 7) is 2.60. The third-order valence-corrected chi connectivity index (χ3v) is 4.06. The molecular weight excluding hydrogens is 304 g/mol. The molecule has 1 nitrogen and oxygen atoms in total. The maximum Gasteiger partial charge on any atom is 0.138 e. The van der Waals surface area contributed by atoms with Crippen LogP contribution in [0.2, 0.25) is 5.02 Å². The topological polar surface area (TPSA) is 9.23 Å². The normalized spacial score (nSPS) is 10.5. The molecule has 3 aromatic rings. The van der Waals surface area contributed by atoms with Gasteiger partial charge < -0.3 is 4.74 Å². The molecule has 0 N–H and O–H groups in total. The van der Waals surface area contributed by atoms with Gasteiger partial charge in [0.15, 0.2) is 0 Å². The van der Waals surface area contributed by atoms with E-state index in [1.54, 1.807) is 0 Å². The minimum Gasteiger partial charge on any atom is -0.487 e. The smallest absolute Gasteiger partial charge is 0.138 e. The Morgan fingerprint density at radius 1 is 0.783 bits per heavy atom. The molecule has 0 saturated carbocycles. The van der Waals surface area contributed by atoms with Gasteiger partial charge in [-0.15, -0.1) is 0 Å². The molecule has 0 radical (unpaired) electrons. The van der Waals surface area contributed by atoms with E-state index < -0.39 is 0 Å². The highest BCUT2D eigenvalue weighted by Crippen LogP contribution is 2.27. The largest absolute Gasteiger partial charge is 0.487 e. The molecule has 0 bridgehead atoms. The van der Waals surface area contributed by atoms with E-state index in [9.17, 15) is 0 Å². The maximum absolute atomic E-state index is 6.36. The van der Waals surface area contributed by atoms with Gasteiger partial charge in [-0.25, -0.2) is 0 Å². The molecule has 0 unspecified atom stereocenters. The Kier molecular flexibility index (Phi) is 4.99. The molecule has 0 amide bonds. The average Bonchev–Trinajstić information content (AvgIpc) is 2.57. The molecule has 0 heterocycles. The molecule has 0 spiro atoms. The lowest BCUT2D eigenvalue weighted by atomic mass is 10.1. The second-order valence-corrected chi connectivity index (χ2v) is 6.11. The van der Waals surface area contributed by atoms with Crippen LogP contribution in [0.1, 0.15) is 22.3 Å². The van der Waals surface area contributed by atoms with Crippen LogP contribution in [0.15, 0.2) is 72.8 Å². The SMILES string of the molecule is Cc1ccc(COc2ccc(Cc3ccccc3)cc2Cl)cc1. The van der Waals surface area contributed by atoms with Crippen LogP contribution in [-0.4, -0.2) is 0 Å². The number of rotatable bonds is 5. The van der Waals surface area contributed by atoms with Crippen molar-refractivity contribution < 1.29 is 4.74 Å².